The minimum absolute atomic E-state index is 0.430. The van der Waals surface area contributed by atoms with E-state index < -0.39 is 0 Å². The second-order valence-electron chi connectivity index (χ2n) is 2.36. The number of halogens is 2. The summed E-state index contributed by atoms with van der Waals surface area (Å²) in [6.07, 6.45) is 3.64. The van der Waals surface area contributed by atoms with Gasteiger partial charge >= 0.3 is 0 Å². The molecule has 2 rings (SSSR count). The van der Waals surface area contributed by atoms with Gasteiger partial charge in [-0.1, -0.05) is 35.0 Å². The maximum atomic E-state index is 5.79. The first-order chi connectivity index (χ1) is 6.20. The van der Waals surface area contributed by atoms with E-state index in [1.807, 2.05) is 6.26 Å². The van der Waals surface area contributed by atoms with Gasteiger partial charge in [0.2, 0.25) is 0 Å². The Balaban J connectivity index is 2.80. The summed E-state index contributed by atoms with van der Waals surface area (Å²) in [5, 5.41) is 1.65. The minimum Gasteiger partial charge on any atom is -0.277 e. The van der Waals surface area contributed by atoms with Crippen LogP contribution in [0.25, 0.3) is 5.65 Å². The lowest BCUT2D eigenvalue weighted by Gasteiger charge is -2.00. The zero-order valence-electron chi connectivity index (χ0n) is 6.66. The van der Waals surface area contributed by atoms with Crippen LogP contribution >= 0.6 is 35.0 Å². The number of nitrogens with zero attached hydrogens (tertiary/aromatic N) is 3. The van der Waals surface area contributed by atoms with Gasteiger partial charge in [-0.05, 0) is 6.26 Å². The van der Waals surface area contributed by atoms with Crippen LogP contribution in [0.3, 0.4) is 0 Å². The minimum atomic E-state index is 0.430. The van der Waals surface area contributed by atoms with Gasteiger partial charge in [0.15, 0.2) is 5.16 Å². The normalized spacial score (nSPS) is 11.0. The summed E-state index contributed by atoms with van der Waals surface area (Å²) >= 11 is 13.0. The fourth-order valence-electron chi connectivity index (χ4n) is 1.05. The fraction of sp³-hybridized carbons (Fsp3) is 0.143. The van der Waals surface area contributed by atoms with Crippen molar-refractivity contribution in [2.24, 2.45) is 0 Å². The Kier molecular flexibility index (Phi) is 2.36. The summed E-state index contributed by atoms with van der Waals surface area (Å²) in [5.74, 6) is 0. The van der Waals surface area contributed by atoms with Gasteiger partial charge in [-0.2, -0.15) is 0 Å². The molecule has 0 saturated carbocycles. The Morgan fingerprint density at radius 1 is 1.31 bits per heavy atom. The number of hydrogen-bond donors (Lipinski definition) is 0. The van der Waals surface area contributed by atoms with Crippen LogP contribution in [0.2, 0.25) is 10.3 Å². The molecule has 68 valence electrons. The van der Waals surface area contributed by atoms with Crippen molar-refractivity contribution in [2.45, 2.75) is 5.16 Å². The standard InChI is InChI=1S/C7H5Cl2N3S/c1-13-7-11-4(8)2-6-10-5(9)3-12(6)7/h2-3H,1H3. The number of aromatic nitrogens is 3. The van der Waals surface area contributed by atoms with Crippen LogP contribution in [0.15, 0.2) is 17.4 Å². The first-order valence-corrected chi connectivity index (χ1v) is 5.44. The highest BCUT2D eigenvalue weighted by molar-refractivity contribution is 7.98. The molecule has 2 aromatic heterocycles. The van der Waals surface area contributed by atoms with Crippen molar-refractivity contribution < 1.29 is 0 Å². The molecule has 0 aliphatic rings. The molecule has 0 N–H and O–H groups in total. The van der Waals surface area contributed by atoms with Gasteiger partial charge in [0.25, 0.3) is 0 Å². The zero-order chi connectivity index (χ0) is 9.42. The van der Waals surface area contributed by atoms with E-state index in [0.717, 1.165) is 5.16 Å². The number of rotatable bonds is 1. The van der Waals surface area contributed by atoms with E-state index in [1.54, 1.807) is 16.7 Å². The number of imidazole rings is 1. The second-order valence-corrected chi connectivity index (χ2v) is 3.91. The Labute approximate surface area is 89.1 Å². The summed E-state index contributed by atoms with van der Waals surface area (Å²) in [4.78, 5) is 8.20. The van der Waals surface area contributed by atoms with Crippen molar-refractivity contribution in [3.63, 3.8) is 0 Å². The maximum Gasteiger partial charge on any atom is 0.175 e. The molecule has 6 heteroatoms. The molecule has 2 heterocycles. The lowest BCUT2D eigenvalue weighted by Crippen LogP contribution is -1.92. The molecule has 0 aliphatic heterocycles. The van der Waals surface area contributed by atoms with Gasteiger partial charge in [-0.15, -0.1) is 0 Å². The highest BCUT2D eigenvalue weighted by Crippen LogP contribution is 2.20. The molecular formula is C7H5Cl2N3S. The van der Waals surface area contributed by atoms with E-state index in [-0.39, 0.29) is 0 Å². The average Bonchev–Trinajstić information content (AvgIpc) is 2.43. The van der Waals surface area contributed by atoms with E-state index in [2.05, 4.69) is 9.97 Å². The summed E-state index contributed by atoms with van der Waals surface area (Å²) in [6, 6.07) is 1.67. The molecule has 0 spiro atoms. The van der Waals surface area contributed by atoms with E-state index in [4.69, 9.17) is 23.2 Å². The van der Waals surface area contributed by atoms with Crippen LogP contribution in [0.4, 0.5) is 0 Å². The summed E-state index contributed by atoms with van der Waals surface area (Å²) in [6.45, 7) is 0. The van der Waals surface area contributed by atoms with E-state index in [9.17, 15) is 0 Å². The molecule has 0 saturated heterocycles. The third-order valence-electron chi connectivity index (χ3n) is 1.54. The van der Waals surface area contributed by atoms with Crippen LogP contribution in [0.1, 0.15) is 0 Å². The highest BCUT2D eigenvalue weighted by atomic mass is 35.5. The Morgan fingerprint density at radius 3 is 2.77 bits per heavy atom. The lowest BCUT2D eigenvalue weighted by molar-refractivity contribution is 0.906. The first kappa shape index (κ1) is 9.12. The van der Waals surface area contributed by atoms with Crippen LogP contribution in [0, 0.1) is 0 Å². The maximum absolute atomic E-state index is 5.79. The van der Waals surface area contributed by atoms with E-state index in [1.165, 1.54) is 11.8 Å². The third kappa shape index (κ3) is 1.61. The molecule has 2 aromatic rings. The monoisotopic (exact) mass is 233 g/mol. The SMILES string of the molecule is CSc1nc(Cl)cc2nc(Cl)cn12. The molecule has 13 heavy (non-hydrogen) atoms. The lowest BCUT2D eigenvalue weighted by atomic mass is 10.6. The van der Waals surface area contributed by atoms with Crippen LogP contribution < -0.4 is 0 Å². The third-order valence-corrected chi connectivity index (χ3v) is 2.57. The largest absolute Gasteiger partial charge is 0.277 e. The fourth-order valence-corrected chi connectivity index (χ4v) is 1.99. The van der Waals surface area contributed by atoms with E-state index >= 15 is 0 Å². The Morgan fingerprint density at radius 2 is 2.08 bits per heavy atom. The predicted octanol–water partition coefficient (Wildman–Crippen LogP) is 2.76. The van der Waals surface area contributed by atoms with Crippen LogP contribution in [-0.4, -0.2) is 20.6 Å². The molecule has 0 atom stereocenters. The van der Waals surface area contributed by atoms with Crippen molar-refractivity contribution in [1.82, 2.24) is 14.4 Å². The molecule has 0 radical (unpaired) electrons. The predicted molar refractivity (Wildman–Crippen MR) is 54.8 cm³/mol. The van der Waals surface area contributed by atoms with Crippen molar-refractivity contribution in [1.29, 1.82) is 0 Å². The van der Waals surface area contributed by atoms with Gasteiger partial charge in [0, 0.05) is 6.07 Å². The molecule has 3 nitrogen and oxygen atoms in total. The highest BCUT2D eigenvalue weighted by Gasteiger charge is 2.06. The summed E-state index contributed by atoms with van der Waals surface area (Å²) in [7, 11) is 0. The van der Waals surface area contributed by atoms with Gasteiger partial charge in [-0.3, -0.25) is 4.40 Å². The zero-order valence-corrected chi connectivity index (χ0v) is 8.99. The van der Waals surface area contributed by atoms with Crippen molar-refractivity contribution >= 4 is 40.6 Å². The summed E-state index contributed by atoms with van der Waals surface area (Å²) in [5.41, 5.74) is 0.717. The number of thioether (sulfide) groups is 1. The number of fused-ring (bicyclic) bond motifs is 1. The number of hydrogen-bond acceptors (Lipinski definition) is 3. The first-order valence-electron chi connectivity index (χ1n) is 3.46. The Bertz CT molecular complexity index is 454. The van der Waals surface area contributed by atoms with Crippen molar-refractivity contribution in [3.8, 4) is 0 Å². The molecule has 0 amide bonds. The van der Waals surface area contributed by atoms with Gasteiger partial charge in [-0.25, -0.2) is 9.97 Å². The van der Waals surface area contributed by atoms with E-state index in [0.29, 0.717) is 16.0 Å². The average molecular weight is 234 g/mol. The molecular weight excluding hydrogens is 229 g/mol. The quantitative estimate of drug-likeness (QED) is 0.431. The second kappa shape index (κ2) is 3.36. The molecule has 0 aliphatic carbocycles. The van der Waals surface area contributed by atoms with Gasteiger partial charge < -0.3 is 0 Å². The molecule has 0 bridgehead atoms. The van der Waals surface area contributed by atoms with Crippen molar-refractivity contribution in [3.05, 3.63) is 22.6 Å². The van der Waals surface area contributed by atoms with Gasteiger partial charge in [0.1, 0.15) is 16.0 Å². The topological polar surface area (TPSA) is 30.2 Å². The Hall–Kier alpha value is -0.450. The molecule has 0 unspecified atom stereocenters. The molecule has 0 aromatic carbocycles. The smallest absolute Gasteiger partial charge is 0.175 e. The van der Waals surface area contributed by atoms with Crippen molar-refractivity contribution in [2.75, 3.05) is 6.26 Å². The van der Waals surface area contributed by atoms with Crippen LogP contribution in [0.5, 0.6) is 0 Å². The van der Waals surface area contributed by atoms with Crippen LogP contribution in [-0.2, 0) is 0 Å². The molecule has 0 fully saturated rings. The van der Waals surface area contributed by atoms with Gasteiger partial charge in [0.05, 0.1) is 6.20 Å². The summed E-state index contributed by atoms with van der Waals surface area (Å²) < 4.78 is 1.80.